The van der Waals surface area contributed by atoms with Crippen LogP contribution in [0, 0.1) is 0 Å². The fourth-order valence-corrected chi connectivity index (χ4v) is 1.95. The van der Waals surface area contributed by atoms with E-state index in [2.05, 4.69) is 13.8 Å². The first-order valence-corrected chi connectivity index (χ1v) is 6.70. The molecule has 0 aliphatic carbocycles. The fraction of sp³-hybridized carbons (Fsp3) is 0.500. The van der Waals surface area contributed by atoms with Gasteiger partial charge in [-0.15, -0.1) is 11.6 Å². The number of carbonyl (C=O) groups is 1. The molecule has 0 unspecified atom stereocenters. The molecular weight excluding hydrogens is 234 g/mol. The Balaban J connectivity index is 2.77. The van der Waals surface area contributed by atoms with Crippen LogP contribution in [0.15, 0.2) is 24.3 Å². The van der Waals surface area contributed by atoms with E-state index in [0.29, 0.717) is 5.88 Å². The zero-order valence-corrected chi connectivity index (χ0v) is 11.3. The molecule has 2 nitrogen and oxygen atoms in total. The molecule has 0 atom stereocenters. The van der Waals surface area contributed by atoms with Gasteiger partial charge in [-0.25, -0.2) is 0 Å². The van der Waals surface area contributed by atoms with Crippen molar-refractivity contribution in [3.63, 3.8) is 0 Å². The monoisotopic (exact) mass is 253 g/mol. The van der Waals surface area contributed by atoms with E-state index in [1.165, 1.54) is 0 Å². The van der Waals surface area contributed by atoms with Crippen molar-refractivity contribution in [1.82, 2.24) is 4.90 Å². The molecule has 0 aliphatic rings. The van der Waals surface area contributed by atoms with E-state index in [4.69, 9.17) is 11.6 Å². The van der Waals surface area contributed by atoms with Gasteiger partial charge in [0, 0.05) is 24.5 Å². The van der Waals surface area contributed by atoms with E-state index >= 15 is 0 Å². The van der Waals surface area contributed by atoms with E-state index in [9.17, 15) is 4.79 Å². The van der Waals surface area contributed by atoms with Crippen molar-refractivity contribution in [3.05, 3.63) is 35.4 Å². The van der Waals surface area contributed by atoms with Crippen LogP contribution in [-0.4, -0.2) is 23.9 Å². The van der Waals surface area contributed by atoms with Gasteiger partial charge in [-0.2, -0.15) is 0 Å². The Bertz CT molecular complexity index is 342. The lowest BCUT2D eigenvalue weighted by Crippen LogP contribution is -2.32. The summed E-state index contributed by atoms with van der Waals surface area (Å²) in [6, 6.07) is 7.54. The number of benzene rings is 1. The molecule has 0 radical (unpaired) electrons. The highest BCUT2D eigenvalue weighted by Gasteiger charge is 2.13. The molecule has 1 rings (SSSR count). The smallest absolute Gasteiger partial charge is 0.253 e. The van der Waals surface area contributed by atoms with Crippen molar-refractivity contribution >= 4 is 17.5 Å². The molecule has 0 saturated heterocycles. The Morgan fingerprint density at radius 1 is 1.12 bits per heavy atom. The van der Waals surface area contributed by atoms with Gasteiger partial charge in [-0.1, -0.05) is 26.0 Å². The minimum atomic E-state index is 0.120. The number of nitrogens with zero attached hydrogens (tertiary/aromatic N) is 1. The predicted molar refractivity (Wildman–Crippen MR) is 72.5 cm³/mol. The molecule has 0 fully saturated rings. The van der Waals surface area contributed by atoms with Crippen molar-refractivity contribution < 1.29 is 4.79 Å². The first-order chi connectivity index (χ1) is 8.22. The summed E-state index contributed by atoms with van der Waals surface area (Å²) in [7, 11) is 0. The van der Waals surface area contributed by atoms with Gasteiger partial charge in [-0.3, -0.25) is 4.79 Å². The van der Waals surface area contributed by atoms with Gasteiger partial charge in [0.1, 0.15) is 0 Å². The van der Waals surface area contributed by atoms with Gasteiger partial charge in [0.25, 0.3) is 5.91 Å². The van der Waals surface area contributed by atoms with E-state index < -0.39 is 0 Å². The Morgan fingerprint density at radius 3 is 2.06 bits per heavy atom. The number of carbonyl (C=O) groups excluding carboxylic acids is 1. The first-order valence-electron chi connectivity index (χ1n) is 6.17. The number of rotatable bonds is 6. The minimum absolute atomic E-state index is 0.120. The Hall–Kier alpha value is -1.02. The molecule has 94 valence electrons. The maximum absolute atomic E-state index is 12.2. The Kier molecular flexibility index (Phi) is 6.06. The molecular formula is C14H20ClNO. The standard InChI is InChI=1S/C14H20ClNO/c1-3-9-16(10-4-2)14(17)13-7-5-12(11-15)6-8-13/h5-8H,3-4,9-11H2,1-2H3. The summed E-state index contributed by atoms with van der Waals surface area (Å²) in [5.41, 5.74) is 1.79. The molecule has 17 heavy (non-hydrogen) atoms. The predicted octanol–water partition coefficient (Wildman–Crippen LogP) is 3.69. The number of alkyl halides is 1. The molecule has 0 heterocycles. The summed E-state index contributed by atoms with van der Waals surface area (Å²) < 4.78 is 0. The maximum atomic E-state index is 12.2. The van der Waals surface area contributed by atoms with E-state index in [0.717, 1.165) is 37.1 Å². The molecule has 1 aromatic rings. The third-order valence-electron chi connectivity index (χ3n) is 2.63. The summed E-state index contributed by atoms with van der Waals surface area (Å²) >= 11 is 5.73. The van der Waals surface area contributed by atoms with Gasteiger partial charge in [0.15, 0.2) is 0 Å². The fourth-order valence-electron chi connectivity index (χ4n) is 1.77. The summed E-state index contributed by atoms with van der Waals surface area (Å²) in [6.45, 7) is 5.83. The van der Waals surface area contributed by atoms with Crippen molar-refractivity contribution in [1.29, 1.82) is 0 Å². The van der Waals surface area contributed by atoms with Crippen LogP contribution in [0.25, 0.3) is 0 Å². The van der Waals surface area contributed by atoms with Gasteiger partial charge >= 0.3 is 0 Å². The second-order valence-electron chi connectivity index (χ2n) is 4.12. The van der Waals surface area contributed by atoms with Gasteiger partial charge in [0.05, 0.1) is 0 Å². The Morgan fingerprint density at radius 2 is 1.65 bits per heavy atom. The first kappa shape index (κ1) is 14.0. The average Bonchev–Trinajstić information content (AvgIpc) is 2.38. The molecule has 0 bridgehead atoms. The minimum Gasteiger partial charge on any atom is -0.339 e. The highest BCUT2D eigenvalue weighted by atomic mass is 35.5. The van der Waals surface area contributed by atoms with E-state index in [-0.39, 0.29) is 5.91 Å². The lowest BCUT2D eigenvalue weighted by atomic mass is 10.1. The SMILES string of the molecule is CCCN(CCC)C(=O)c1ccc(CCl)cc1. The molecule has 0 aliphatic heterocycles. The highest BCUT2D eigenvalue weighted by molar-refractivity contribution is 6.17. The van der Waals surface area contributed by atoms with Gasteiger partial charge < -0.3 is 4.90 Å². The topological polar surface area (TPSA) is 20.3 Å². The van der Waals surface area contributed by atoms with Crippen LogP contribution < -0.4 is 0 Å². The molecule has 3 heteroatoms. The Labute approximate surface area is 109 Å². The quantitative estimate of drug-likeness (QED) is 0.708. The molecule has 1 amide bonds. The van der Waals surface area contributed by atoms with Crippen LogP contribution in [0.4, 0.5) is 0 Å². The lowest BCUT2D eigenvalue weighted by molar-refractivity contribution is 0.0755. The zero-order chi connectivity index (χ0) is 12.7. The lowest BCUT2D eigenvalue weighted by Gasteiger charge is -2.21. The zero-order valence-electron chi connectivity index (χ0n) is 10.6. The largest absolute Gasteiger partial charge is 0.339 e. The maximum Gasteiger partial charge on any atom is 0.253 e. The van der Waals surface area contributed by atoms with Crippen LogP contribution in [0.1, 0.15) is 42.6 Å². The third kappa shape index (κ3) is 4.04. The molecule has 1 aromatic carbocycles. The van der Waals surface area contributed by atoms with Gasteiger partial charge in [0.2, 0.25) is 0 Å². The number of hydrogen-bond donors (Lipinski definition) is 0. The van der Waals surface area contributed by atoms with Crippen molar-refractivity contribution in [3.8, 4) is 0 Å². The highest BCUT2D eigenvalue weighted by Crippen LogP contribution is 2.10. The second-order valence-corrected chi connectivity index (χ2v) is 4.39. The average molecular weight is 254 g/mol. The normalized spacial score (nSPS) is 10.3. The van der Waals surface area contributed by atoms with Gasteiger partial charge in [-0.05, 0) is 30.5 Å². The van der Waals surface area contributed by atoms with Crippen molar-refractivity contribution in [2.45, 2.75) is 32.6 Å². The number of amides is 1. The molecule has 0 spiro atoms. The summed E-state index contributed by atoms with van der Waals surface area (Å²) in [4.78, 5) is 14.1. The number of hydrogen-bond acceptors (Lipinski definition) is 1. The van der Waals surface area contributed by atoms with Crippen molar-refractivity contribution in [2.75, 3.05) is 13.1 Å². The van der Waals surface area contributed by atoms with Crippen LogP contribution in [0.5, 0.6) is 0 Å². The summed E-state index contributed by atoms with van der Waals surface area (Å²) in [5, 5.41) is 0. The van der Waals surface area contributed by atoms with E-state index in [1.54, 1.807) is 0 Å². The molecule has 0 N–H and O–H groups in total. The van der Waals surface area contributed by atoms with Crippen molar-refractivity contribution in [2.24, 2.45) is 0 Å². The molecule has 0 aromatic heterocycles. The second kappa shape index (κ2) is 7.33. The summed E-state index contributed by atoms with van der Waals surface area (Å²) in [5.74, 6) is 0.608. The van der Waals surface area contributed by atoms with Crippen LogP contribution >= 0.6 is 11.6 Å². The number of halogens is 1. The van der Waals surface area contributed by atoms with E-state index in [1.807, 2.05) is 29.2 Å². The van der Waals surface area contributed by atoms with Crippen LogP contribution in [0.2, 0.25) is 0 Å². The third-order valence-corrected chi connectivity index (χ3v) is 2.94. The van der Waals surface area contributed by atoms with Crippen LogP contribution in [-0.2, 0) is 5.88 Å². The van der Waals surface area contributed by atoms with Crippen LogP contribution in [0.3, 0.4) is 0 Å². The molecule has 0 saturated carbocycles. The summed E-state index contributed by atoms with van der Waals surface area (Å²) in [6.07, 6.45) is 1.98.